The minimum atomic E-state index is -3.51. The lowest BCUT2D eigenvalue weighted by Gasteiger charge is -2.26. The zero-order valence-corrected chi connectivity index (χ0v) is 17.2. The second kappa shape index (κ2) is 7.03. The minimum Gasteiger partial charge on any atom is -0.347 e. The first-order chi connectivity index (χ1) is 12.8. The molecule has 1 aliphatic carbocycles. The van der Waals surface area contributed by atoms with Crippen LogP contribution in [0.1, 0.15) is 47.5 Å². The Kier molecular flexibility index (Phi) is 4.85. The van der Waals surface area contributed by atoms with Gasteiger partial charge in [-0.2, -0.15) is 0 Å². The number of nitrogens with zero attached hydrogens (tertiary/aromatic N) is 3. The Morgan fingerprint density at radius 2 is 1.96 bits per heavy atom. The minimum absolute atomic E-state index is 0.0356. The Balaban J connectivity index is 1.61. The molecule has 146 valence electrons. The summed E-state index contributed by atoms with van der Waals surface area (Å²) >= 11 is 1.34. The molecule has 27 heavy (non-hydrogen) atoms. The number of aromatic nitrogens is 2. The molecule has 1 amide bonds. The summed E-state index contributed by atoms with van der Waals surface area (Å²) in [5.41, 5.74) is 1.41. The van der Waals surface area contributed by atoms with Crippen LogP contribution in [0.3, 0.4) is 0 Å². The first kappa shape index (κ1) is 18.6. The molecule has 2 aliphatic rings. The van der Waals surface area contributed by atoms with E-state index in [0.29, 0.717) is 21.3 Å². The maximum atomic E-state index is 12.8. The third-order valence-electron chi connectivity index (χ3n) is 5.04. The summed E-state index contributed by atoms with van der Waals surface area (Å²) in [4.78, 5) is 20.2. The van der Waals surface area contributed by atoms with Crippen LogP contribution < -0.4 is 4.72 Å². The van der Waals surface area contributed by atoms with Crippen molar-refractivity contribution in [1.82, 2.24) is 19.2 Å². The Bertz CT molecular complexity index is 967. The van der Waals surface area contributed by atoms with Gasteiger partial charge >= 0.3 is 0 Å². The summed E-state index contributed by atoms with van der Waals surface area (Å²) in [6.45, 7) is 3.43. The second-order valence-electron chi connectivity index (χ2n) is 7.35. The molecule has 1 saturated heterocycles. The van der Waals surface area contributed by atoms with Crippen LogP contribution in [0.15, 0.2) is 17.2 Å². The fourth-order valence-electron chi connectivity index (χ4n) is 3.33. The molecule has 0 bridgehead atoms. The van der Waals surface area contributed by atoms with E-state index in [9.17, 15) is 13.2 Å². The molecule has 0 aromatic carbocycles. The highest BCUT2D eigenvalue weighted by Gasteiger charge is 2.30. The van der Waals surface area contributed by atoms with Gasteiger partial charge in [0.2, 0.25) is 10.0 Å². The van der Waals surface area contributed by atoms with Gasteiger partial charge in [0.15, 0.2) is 0 Å². The van der Waals surface area contributed by atoms with Gasteiger partial charge in [0, 0.05) is 32.4 Å². The summed E-state index contributed by atoms with van der Waals surface area (Å²) in [7, 11) is -1.71. The Labute approximate surface area is 163 Å². The van der Waals surface area contributed by atoms with Gasteiger partial charge in [-0.25, -0.2) is 18.1 Å². The third kappa shape index (κ3) is 3.81. The molecule has 0 spiro atoms. The predicted octanol–water partition coefficient (Wildman–Crippen LogP) is 2.52. The topological polar surface area (TPSA) is 84.3 Å². The zero-order valence-electron chi connectivity index (χ0n) is 15.6. The molecule has 2 aromatic heterocycles. The van der Waals surface area contributed by atoms with Crippen LogP contribution >= 0.6 is 11.3 Å². The van der Waals surface area contributed by atoms with Gasteiger partial charge in [-0.3, -0.25) is 4.79 Å². The van der Waals surface area contributed by atoms with Crippen molar-refractivity contribution in [2.24, 2.45) is 7.05 Å². The number of carbonyl (C=O) groups is 1. The van der Waals surface area contributed by atoms with Gasteiger partial charge in [-0.1, -0.05) is 0 Å². The lowest BCUT2D eigenvalue weighted by Crippen LogP contribution is -2.35. The van der Waals surface area contributed by atoms with E-state index >= 15 is 0 Å². The fourth-order valence-corrected chi connectivity index (χ4v) is 5.79. The van der Waals surface area contributed by atoms with Gasteiger partial charge < -0.3 is 9.47 Å². The van der Waals surface area contributed by atoms with E-state index < -0.39 is 10.0 Å². The van der Waals surface area contributed by atoms with Crippen molar-refractivity contribution in [3.8, 4) is 10.7 Å². The number of hydrogen-bond donors (Lipinski definition) is 1. The van der Waals surface area contributed by atoms with Crippen LogP contribution in [0.5, 0.6) is 0 Å². The third-order valence-corrected chi connectivity index (χ3v) is 7.70. The van der Waals surface area contributed by atoms with Crippen LogP contribution in [-0.2, 0) is 17.1 Å². The SMILES string of the molecule is Cc1nc(-c2cc(S(=O)(=O)NC3CC3)cn2C)sc1C(=O)N1CCCCC1. The van der Waals surface area contributed by atoms with E-state index in [2.05, 4.69) is 9.71 Å². The molecular formula is C18H24N4O3S2. The first-order valence-electron chi connectivity index (χ1n) is 9.31. The molecule has 1 saturated carbocycles. The van der Waals surface area contributed by atoms with Crippen LogP contribution in [0.4, 0.5) is 0 Å². The number of nitrogens with one attached hydrogen (secondary N) is 1. The summed E-state index contributed by atoms with van der Waals surface area (Å²) < 4.78 is 29.4. The summed E-state index contributed by atoms with van der Waals surface area (Å²) in [5.74, 6) is 0.0356. The van der Waals surface area contributed by atoms with Crippen molar-refractivity contribution in [2.75, 3.05) is 13.1 Å². The van der Waals surface area contributed by atoms with Crippen molar-refractivity contribution in [1.29, 1.82) is 0 Å². The number of thiazole rings is 1. The fraction of sp³-hybridized carbons (Fsp3) is 0.556. The quantitative estimate of drug-likeness (QED) is 0.824. The van der Waals surface area contributed by atoms with Crippen LogP contribution in [0.25, 0.3) is 10.7 Å². The number of rotatable bonds is 5. The average Bonchev–Trinajstić information content (AvgIpc) is 3.21. The number of piperidine rings is 1. The molecule has 2 fully saturated rings. The van der Waals surface area contributed by atoms with E-state index in [0.717, 1.165) is 38.8 Å². The average molecular weight is 409 g/mol. The van der Waals surface area contributed by atoms with Gasteiger partial charge in [0.1, 0.15) is 14.8 Å². The highest BCUT2D eigenvalue weighted by Crippen LogP contribution is 2.32. The normalized spacial score (nSPS) is 18.1. The maximum Gasteiger partial charge on any atom is 0.265 e. The molecular weight excluding hydrogens is 384 g/mol. The highest BCUT2D eigenvalue weighted by molar-refractivity contribution is 7.89. The standard InChI is InChI=1S/C18H24N4O3S2/c1-12-16(18(23)22-8-4-3-5-9-22)26-17(19-12)15-10-14(11-21(15)2)27(24,25)20-13-6-7-13/h10-11,13,20H,3-9H2,1-2H3. The van der Waals surface area contributed by atoms with Crippen LogP contribution in [0.2, 0.25) is 0 Å². The number of carbonyl (C=O) groups excluding carboxylic acids is 1. The van der Waals surface area contributed by atoms with Crippen molar-refractivity contribution in [3.63, 3.8) is 0 Å². The Morgan fingerprint density at radius 3 is 2.63 bits per heavy atom. The maximum absolute atomic E-state index is 12.8. The molecule has 1 aliphatic heterocycles. The number of amides is 1. The van der Waals surface area contributed by atoms with E-state index in [1.165, 1.54) is 17.8 Å². The van der Waals surface area contributed by atoms with Crippen molar-refractivity contribution >= 4 is 27.3 Å². The summed E-state index contributed by atoms with van der Waals surface area (Å²) in [6, 6.07) is 1.70. The zero-order chi connectivity index (χ0) is 19.2. The van der Waals surface area contributed by atoms with Gasteiger partial charge in [-0.05, 0) is 45.1 Å². The number of likely N-dealkylation sites (tertiary alicyclic amines) is 1. The smallest absolute Gasteiger partial charge is 0.265 e. The lowest BCUT2D eigenvalue weighted by atomic mass is 10.1. The van der Waals surface area contributed by atoms with E-state index in [4.69, 9.17) is 0 Å². The lowest BCUT2D eigenvalue weighted by molar-refractivity contribution is 0.0728. The van der Waals surface area contributed by atoms with E-state index in [1.807, 2.05) is 11.8 Å². The predicted molar refractivity (Wildman–Crippen MR) is 104 cm³/mol. The molecule has 9 heteroatoms. The van der Waals surface area contributed by atoms with Crippen LogP contribution in [-0.4, -0.2) is 47.9 Å². The molecule has 0 radical (unpaired) electrons. The molecule has 2 aromatic rings. The van der Waals surface area contributed by atoms with Crippen molar-refractivity contribution < 1.29 is 13.2 Å². The molecule has 4 rings (SSSR count). The monoisotopic (exact) mass is 408 g/mol. The molecule has 7 nitrogen and oxygen atoms in total. The summed E-state index contributed by atoms with van der Waals surface area (Å²) in [6.07, 6.45) is 6.65. The van der Waals surface area contributed by atoms with Gasteiger partial charge in [-0.15, -0.1) is 11.3 Å². The Hall–Kier alpha value is -1.71. The van der Waals surface area contributed by atoms with E-state index in [1.54, 1.807) is 23.9 Å². The van der Waals surface area contributed by atoms with Gasteiger partial charge in [0.25, 0.3) is 5.91 Å². The van der Waals surface area contributed by atoms with Crippen molar-refractivity contribution in [2.45, 2.75) is 50.0 Å². The number of aryl methyl sites for hydroxylation is 2. The Morgan fingerprint density at radius 1 is 1.26 bits per heavy atom. The van der Waals surface area contributed by atoms with Crippen LogP contribution in [0, 0.1) is 6.92 Å². The van der Waals surface area contributed by atoms with E-state index in [-0.39, 0.29) is 16.8 Å². The second-order valence-corrected chi connectivity index (χ2v) is 10.1. The van der Waals surface area contributed by atoms with Crippen molar-refractivity contribution in [3.05, 3.63) is 22.8 Å². The van der Waals surface area contributed by atoms with Gasteiger partial charge in [0.05, 0.1) is 11.4 Å². The first-order valence-corrected chi connectivity index (χ1v) is 11.6. The summed E-state index contributed by atoms with van der Waals surface area (Å²) in [5, 5.41) is 0.670. The largest absolute Gasteiger partial charge is 0.347 e. The molecule has 3 heterocycles. The number of sulfonamides is 1. The molecule has 1 N–H and O–H groups in total. The molecule has 0 unspecified atom stereocenters. The number of hydrogen-bond acceptors (Lipinski definition) is 5. The molecule has 0 atom stereocenters. The highest BCUT2D eigenvalue weighted by atomic mass is 32.2.